The highest BCUT2D eigenvalue weighted by atomic mass is 35.5. The molecule has 3 atom stereocenters. The fourth-order valence-electron chi connectivity index (χ4n) is 7.32. The van der Waals surface area contributed by atoms with Crippen molar-refractivity contribution in [2.24, 2.45) is 5.92 Å². The molecule has 3 aliphatic rings. The molecule has 0 bridgehead atoms. The number of rotatable bonds is 9. The van der Waals surface area contributed by atoms with Gasteiger partial charge in [0.1, 0.15) is 5.69 Å². The van der Waals surface area contributed by atoms with Gasteiger partial charge in [-0.3, -0.25) is 28.9 Å². The molecule has 2 aromatic carbocycles. The van der Waals surface area contributed by atoms with E-state index in [-0.39, 0.29) is 51.6 Å². The largest absolute Gasteiger partial charge is 0.469 e. The van der Waals surface area contributed by atoms with E-state index in [2.05, 4.69) is 25.6 Å². The number of β-amino-alcohol motifs (C(OH)–C–C–N with tert-alkyl or cyclic N) is 1. The number of aliphatic hydroxyl groups excluding tert-OH is 1. The molecular weight excluding hydrogens is 712 g/mol. The van der Waals surface area contributed by atoms with E-state index in [1.807, 2.05) is 9.58 Å². The molecule has 3 N–H and O–H groups in total. The van der Waals surface area contributed by atoms with Crippen LogP contribution in [-0.2, 0) is 22.6 Å². The summed E-state index contributed by atoms with van der Waals surface area (Å²) in [5.41, 5.74) is 3.03. The van der Waals surface area contributed by atoms with Gasteiger partial charge in [0.25, 0.3) is 11.8 Å². The number of hydrogen-bond donors (Lipinski definition) is 3. The summed E-state index contributed by atoms with van der Waals surface area (Å²) in [7, 11) is 1.41. The fourth-order valence-corrected chi connectivity index (χ4v) is 7.87. The molecule has 4 aromatic rings. The summed E-state index contributed by atoms with van der Waals surface area (Å²) in [4.78, 5) is 46.8. The maximum absolute atomic E-state index is 14.9. The standard InChI is InChI=1S/C37H38Cl2FN7O5/c1-52-37(51)22-12-16-46(19-22)30-9-4-14-47-31(30)17-29(44-47)36(50)43-27-8-3-6-25(33(27)39)24-5-2-7-26(32(24)38)42-35(49)28-11-10-21(34(40)41-28)18-45-15-13-23(48)20-45/h2-3,5-8,10-11,17,22-23,30,48H,4,9,12-16,18-20H2,1H3,(H,42,49)(H,43,50)/t22-,23-,30?/m1/s1. The lowest BCUT2D eigenvalue weighted by Crippen LogP contribution is -2.32. The molecule has 1 unspecified atom stereocenters. The third-order valence-corrected chi connectivity index (χ3v) is 10.8. The molecule has 5 heterocycles. The van der Waals surface area contributed by atoms with Gasteiger partial charge in [0, 0.05) is 49.4 Å². The number of amides is 2. The van der Waals surface area contributed by atoms with E-state index in [1.165, 1.54) is 19.2 Å². The van der Waals surface area contributed by atoms with Crippen molar-refractivity contribution in [3.8, 4) is 11.1 Å². The van der Waals surface area contributed by atoms with E-state index in [1.54, 1.807) is 42.5 Å². The van der Waals surface area contributed by atoms with Gasteiger partial charge in [-0.1, -0.05) is 53.5 Å². The van der Waals surface area contributed by atoms with Crippen molar-refractivity contribution in [2.45, 2.75) is 50.9 Å². The minimum absolute atomic E-state index is 0.0454. The first-order chi connectivity index (χ1) is 25.1. The second-order valence-corrected chi connectivity index (χ2v) is 14.2. The molecule has 7 rings (SSSR count). The number of nitrogens with zero attached hydrogens (tertiary/aromatic N) is 5. The van der Waals surface area contributed by atoms with Crippen LogP contribution in [0, 0.1) is 11.9 Å². The van der Waals surface area contributed by atoms with Crippen molar-refractivity contribution in [1.82, 2.24) is 24.6 Å². The van der Waals surface area contributed by atoms with Gasteiger partial charge in [-0.15, -0.1) is 0 Å². The van der Waals surface area contributed by atoms with Crippen LogP contribution in [0.1, 0.15) is 64.0 Å². The number of esters is 1. The third kappa shape index (κ3) is 7.42. The monoisotopic (exact) mass is 749 g/mol. The molecule has 15 heteroatoms. The van der Waals surface area contributed by atoms with Crippen LogP contribution in [0.3, 0.4) is 0 Å². The van der Waals surface area contributed by atoms with Crippen molar-refractivity contribution >= 4 is 52.4 Å². The summed E-state index contributed by atoms with van der Waals surface area (Å²) in [6.45, 7) is 3.47. The highest BCUT2D eigenvalue weighted by molar-refractivity contribution is 6.40. The van der Waals surface area contributed by atoms with Gasteiger partial charge in [0.15, 0.2) is 5.69 Å². The Labute approximate surface area is 309 Å². The zero-order chi connectivity index (χ0) is 36.5. The first-order valence-corrected chi connectivity index (χ1v) is 18.0. The first kappa shape index (κ1) is 36.0. The summed E-state index contributed by atoms with van der Waals surface area (Å²) < 4.78 is 21.7. The van der Waals surface area contributed by atoms with Crippen LogP contribution in [0.4, 0.5) is 15.8 Å². The number of methoxy groups -OCH3 is 1. The zero-order valence-electron chi connectivity index (χ0n) is 28.4. The number of nitrogens with one attached hydrogen (secondary N) is 2. The molecule has 0 radical (unpaired) electrons. The number of aliphatic hydroxyl groups is 1. The predicted molar refractivity (Wildman–Crippen MR) is 194 cm³/mol. The van der Waals surface area contributed by atoms with Gasteiger partial charge in [0.2, 0.25) is 5.95 Å². The number of fused-ring (bicyclic) bond motifs is 1. The van der Waals surface area contributed by atoms with Crippen LogP contribution in [0.15, 0.2) is 54.6 Å². The molecule has 2 aromatic heterocycles. The molecule has 0 saturated carbocycles. The van der Waals surface area contributed by atoms with Crippen molar-refractivity contribution in [3.05, 3.63) is 93.2 Å². The lowest BCUT2D eigenvalue weighted by atomic mass is 10.0. The van der Waals surface area contributed by atoms with Crippen molar-refractivity contribution in [1.29, 1.82) is 0 Å². The summed E-state index contributed by atoms with van der Waals surface area (Å²) in [6, 6.07) is 15.0. The van der Waals surface area contributed by atoms with Crippen LogP contribution in [0.2, 0.25) is 10.0 Å². The molecule has 12 nitrogen and oxygen atoms in total. The van der Waals surface area contributed by atoms with Crippen LogP contribution in [0.5, 0.6) is 0 Å². The molecule has 3 aliphatic heterocycles. The Hall–Kier alpha value is -4.40. The zero-order valence-corrected chi connectivity index (χ0v) is 30.0. The van der Waals surface area contributed by atoms with E-state index in [0.29, 0.717) is 55.0 Å². The summed E-state index contributed by atoms with van der Waals surface area (Å²) >= 11 is 13.7. The van der Waals surface area contributed by atoms with E-state index in [0.717, 1.165) is 31.5 Å². The van der Waals surface area contributed by atoms with E-state index in [9.17, 15) is 23.9 Å². The van der Waals surface area contributed by atoms with E-state index in [4.69, 9.17) is 27.9 Å². The second-order valence-electron chi connectivity index (χ2n) is 13.4. The smallest absolute Gasteiger partial charge is 0.310 e. The lowest BCUT2D eigenvalue weighted by molar-refractivity contribution is -0.145. The van der Waals surface area contributed by atoms with Gasteiger partial charge in [-0.2, -0.15) is 9.49 Å². The molecule has 0 aliphatic carbocycles. The number of carbonyl (C=O) groups excluding carboxylic acids is 3. The first-order valence-electron chi connectivity index (χ1n) is 17.2. The fraction of sp³-hybridized carbons (Fsp3) is 0.378. The van der Waals surface area contributed by atoms with Crippen LogP contribution < -0.4 is 10.6 Å². The van der Waals surface area contributed by atoms with Gasteiger partial charge in [-0.05, 0) is 56.5 Å². The van der Waals surface area contributed by atoms with Gasteiger partial charge in [-0.25, -0.2) is 4.98 Å². The Morgan fingerprint density at radius 2 is 1.60 bits per heavy atom. The molecule has 2 saturated heterocycles. The maximum Gasteiger partial charge on any atom is 0.310 e. The number of aromatic nitrogens is 3. The minimum Gasteiger partial charge on any atom is -0.469 e. The number of aryl methyl sites for hydroxylation is 1. The second kappa shape index (κ2) is 15.3. The lowest BCUT2D eigenvalue weighted by Gasteiger charge is -2.31. The van der Waals surface area contributed by atoms with Crippen LogP contribution in [0.25, 0.3) is 11.1 Å². The Morgan fingerprint density at radius 3 is 2.23 bits per heavy atom. The topological polar surface area (TPSA) is 142 Å². The Morgan fingerprint density at radius 1 is 0.904 bits per heavy atom. The Bertz CT molecular complexity index is 2030. The molecule has 52 heavy (non-hydrogen) atoms. The SMILES string of the molecule is COC(=O)[C@@H]1CCN(C2CCCn3nc(C(=O)Nc4cccc(-c5cccc(NC(=O)c6ccc(CN7CC[C@@H](O)C7)c(F)n6)c5Cl)c4Cl)cc32)C1. The van der Waals surface area contributed by atoms with E-state index >= 15 is 0 Å². The summed E-state index contributed by atoms with van der Waals surface area (Å²) in [5.74, 6) is -2.19. The number of ether oxygens (including phenoxy) is 1. The summed E-state index contributed by atoms with van der Waals surface area (Å²) in [5, 5.41) is 20.4. The number of anilines is 2. The van der Waals surface area contributed by atoms with Crippen molar-refractivity contribution in [3.63, 3.8) is 0 Å². The van der Waals surface area contributed by atoms with Crippen LogP contribution in [-0.4, -0.2) is 86.8 Å². The third-order valence-electron chi connectivity index (χ3n) is 10.0. The Balaban J connectivity index is 1.05. The highest BCUT2D eigenvalue weighted by Crippen LogP contribution is 2.41. The van der Waals surface area contributed by atoms with Crippen molar-refractivity contribution < 1.29 is 28.6 Å². The Kier molecular flexibility index (Phi) is 10.6. The molecule has 2 fully saturated rings. The van der Waals surface area contributed by atoms with Gasteiger partial charge < -0.3 is 20.5 Å². The average molecular weight is 751 g/mol. The maximum atomic E-state index is 14.9. The predicted octanol–water partition coefficient (Wildman–Crippen LogP) is 5.79. The molecule has 272 valence electrons. The van der Waals surface area contributed by atoms with Crippen LogP contribution >= 0.6 is 23.2 Å². The minimum atomic E-state index is -0.754. The molecular formula is C37H38Cl2FN7O5. The number of hydrogen-bond acceptors (Lipinski definition) is 9. The number of benzene rings is 2. The molecule has 2 amide bonds. The molecule has 0 spiro atoms. The number of carbonyl (C=O) groups is 3. The average Bonchev–Trinajstić information content (AvgIpc) is 3.91. The number of likely N-dealkylation sites (tertiary alicyclic amines) is 2. The van der Waals surface area contributed by atoms with E-state index < -0.39 is 23.9 Å². The highest BCUT2D eigenvalue weighted by Gasteiger charge is 2.36. The van der Waals surface area contributed by atoms with Gasteiger partial charge >= 0.3 is 5.97 Å². The summed E-state index contributed by atoms with van der Waals surface area (Å²) in [6.07, 6.45) is 2.74. The normalized spacial score (nSPS) is 20.4. The van der Waals surface area contributed by atoms with Crippen molar-refractivity contribution in [2.75, 3.05) is 43.9 Å². The number of halogens is 3. The van der Waals surface area contributed by atoms with Gasteiger partial charge in [0.05, 0.1) is 52.3 Å². The number of pyridine rings is 1. The quantitative estimate of drug-likeness (QED) is 0.143.